The number of hydrogen-bond donors (Lipinski definition) is 1. The van der Waals surface area contributed by atoms with Crippen LogP contribution in [0, 0.1) is 0 Å². The fourth-order valence-corrected chi connectivity index (χ4v) is 4.04. The third kappa shape index (κ3) is 2.19. The molecule has 2 aliphatic rings. The van der Waals surface area contributed by atoms with Gasteiger partial charge in [0.1, 0.15) is 6.23 Å². The van der Waals surface area contributed by atoms with Gasteiger partial charge in [0.15, 0.2) is 5.41 Å². The lowest BCUT2D eigenvalue weighted by Gasteiger charge is -2.23. The van der Waals surface area contributed by atoms with Gasteiger partial charge in [-0.1, -0.05) is 48.5 Å². The van der Waals surface area contributed by atoms with Crippen LogP contribution in [-0.2, 0) is 21.4 Å². The van der Waals surface area contributed by atoms with Crippen LogP contribution in [0.1, 0.15) is 17.5 Å². The lowest BCUT2D eigenvalue weighted by molar-refractivity contribution is -0.140. The zero-order valence-electron chi connectivity index (χ0n) is 14.1. The molecule has 128 valence electrons. The minimum Gasteiger partial charge on any atom is -0.373 e. The van der Waals surface area contributed by atoms with Crippen LogP contribution in [0.3, 0.4) is 0 Å². The second-order valence-electron chi connectivity index (χ2n) is 6.71. The summed E-state index contributed by atoms with van der Waals surface area (Å²) in [5.41, 5.74) is 1.27. The molecule has 1 saturated heterocycles. The van der Waals surface area contributed by atoms with Gasteiger partial charge in [-0.2, -0.15) is 0 Å². The van der Waals surface area contributed by atoms with E-state index in [2.05, 4.69) is 0 Å². The SMILES string of the molecule is CN1C(=O)C2(CC(O)N(CCc3ccccc3)C2=O)c2ccccc21. The normalized spacial score (nSPS) is 25.1. The van der Waals surface area contributed by atoms with Gasteiger partial charge in [-0.05, 0) is 18.1 Å². The van der Waals surface area contributed by atoms with E-state index >= 15 is 0 Å². The van der Waals surface area contributed by atoms with Crippen LogP contribution >= 0.6 is 0 Å². The lowest BCUT2D eigenvalue weighted by Crippen LogP contribution is -2.46. The highest BCUT2D eigenvalue weighted by Crippen LogP contribution is 2.48. The maximum atomic E-state index is 13.2. The molecule has 5 nitrogen and oxygen atoms in total. The summed E-state index contributed by atoms with van der Waals surface area (Å²) in [5.74, 6) is -0.544. The Kier molecular flexibility index (Phi) is 3.62. The smallest absolute Gasteiger partial charge is 0.247 e. The van der Waals surface area contributed by atoms with Gasteiger partial charge in [0, 0.05) is 31.3 Å². The van der Waals surface area contributed by atoms with Crippen molar-refractivity contribution >= 4 is 17.5 Å². The molecule has 2 aliphatic heterocycles. The molecule has 0 bridgehead atoms. The van der Waals surface area contributed by atoms with Crippen molar-refractivity contribution in [1.29, 1.82) is 0 Å². The number of fused-ring (bicyclic) bond motifs is 2. The maximum absolute atomic E-state index is 13.2. The number of likely N-dealkylation sites (N-methyl/N-ethyl adjacent to an activating group) is 1. The van der Waals surface area contributed by atoms with Crippen LogP contribution in [0.2, 0.25) is 0 Å². The molecule has 1 spiro atoms. The number of benzene rings is 2. The summed E-state index contributed by atoms with van der Waals surface area (Å²) in [6, 6.07) is 17.2. The number of nitrogens with zero attached hydrogens (tertiary/aromatic N) is 2. The van der Waals surface area contributed by atoms with Crippen LogP contribution < -0.4 is 4.90 Å². The molecule has 1 fully saturated rings. The predicted molar refractivity (Wildman–Crippen MR) is 94.0 cm³/mol. The van der Waals surface area contributed by atoms with Gasteiger partial charge >= 0.3 is 0 Å². The van der Waals surface area contributed by atoms with Crippen molar-refractivity contribution in [3.63, 3.8) is 0 Å². The molecule has 2 amide bonds. The minimum atomic E-state index is -1.28. The first-order valence-electron chi connectivity index (χ1n) is 8.46. The molecular formula is C20H20N2O3. The fraction of sp³-hybridized carbons (Fsp3) is 0.300. The second kappa shape index (κ2) is 5.70. The molecule has 0 aliphatic carbocycles. The van der Waals surface area contributed by atoms with Gasteiger partial charge in [-0.25, -0.2) is 0 Å². The zero-order valence-corrected chi connectivity index (χ0v) is 14.1. The van der Waals surface area contributed by atoms with Crippen LogP contribution in [0.25, 0.3) is 0 Å². The van der Waals surface area contributed by atoms with E-state index in [0.29, 0.717) is 18.5 Å². The number of amides is 2. The average molecular weight is 336 g/mol. The summed E-state index contributed by atoms with van der Waals surface area (Å²) < 4.78 is 0. The molecule has 0 saturated carbocycles. The van der Waals surface area contributed by atoms with Crippen LogP contribution in [0.4, 0.5) is 5.69 Å². The molecule has 4 rings (SSSR count). The Labute approximate surface area is 146 Å². The van der Waals surface area contributed by atoms with E-state index < -0.39 is 11.6 Å². The van der Waals surface area contributed by atoms with Crippen molar-refractivity contribution < 1.29 is 14.7 Å². The number of aliphatic hydroxyl groups is 1. The van der Waals surface area contributed by atoms with Gasteiger partial charge in [0.05, 0.1) is 0 Å². The number of carbonyl (C=O) groups excluding carboxylic acids is 2. The molecular weight excluding hydrogens is 316 g/mol. The average Bonchev–Trinajstić information content (AvgIpc) is 3.02. The van der Waals surface area contributed by atoms with Crippen molar-refractivity contribution in [3.05, 3.63) is 65.7 Å². The van der Waals surface area contributed by atoms with Crippen molar-refractivity contribution in [2.75, 3.05) is 18.5 Å². The Morgan fingerprint density at radius 3 is 2.48 bits per heavy atom. The Morgan fingerprint density at radius 2 is 1.72 bits per heavy atom. The molecule has 1 N–H and O–H groups in total. The van der Waals surface area contributed by atoms with Gasteiger partial charge < -0.3 is 14.9 Å². The largest absolute Gasteiger partial charge is 0.373 e. The molecule has 25 heavy (non-hydrogen) atoms. The summed E-state index contributed by atoms with van der Waals surface area (Å²) in [5, 5.41) is 10.5. The van der Waals surface area contributed by atoms with Crippen LogP contribution in [0.5, 0.6) is 0 Å². The van der Waals surface area contributed by atoms with E-state index in [1.165, 1.54) is 9.80 Å². The third-order valence-electron chi connectivity index (χ3n) is 5.35. The van der Waals surface area contributed by atoms with Crippen molar-refractivity contribution in [1.82, 2.24) is 4.90 Å². The van der Waals surface area contributed by atoms with E-state index in [9.17, 15) is 14.7 Å². The Morgan fingerprint density at radius 1 is 1.04 bits per heavy atom. The summed E-state index contributed by atoms with van der Waals surface area (Å²) in [7, 11) is 1.68. The van der Waals surface area contributed by atoms with E-state index in [0.717, 1.165) is 11.3 Å². The molecule has 2 atom stereocenters. The zero-order chi connectivity index (χ0) is 17.6. The van der Waals surface area contributed by atoms with E-state index in [4.69, 9.17) is 0 Å². The number of carbonyl (C=O) groups is 2. The van der Waals surface area contributed by atoms with E-state index in [1.807, 2.05) is 54.6 Å². The first-order chi connectivity index (χ1) is 12.1. The highest BCUT2D eigenvalue weighted by atomic mass is 16.3. The number of para-hydroxylation sites is 1. The maximum Gasteiger partial charge on any atom is 0.247 e. The third-order valence-corrected chi connectivity index (χ3v) is 5.35. The van der Waals surface area contributed by atoms with Gasteiger partial charge in [0.25, 0.3) is 0 Å². The topological polar surface area (TPSA) is 60.9 Å². The second-order valence-corrected chi connectivity index (χ2v) is 6.71. The minimum absolute atomic E-state index is 0.112. The van der Waals surface area contributed by atoms with Crippen molar-refractivity contribution in [3.8, 4) is 0 Å². The molecule has 0 aromatic heterocycles. The Hall–Kier alpha value is -2.66. The molecule has 5 heteroatoms. The van der Waals surface area contributed by atoms with Crippen molar-refractivity contribution in [2.45, 2.75) is 24.5 Å². The van der Waals surface area contributed by atoms with E-state index in [-0.39, 0.29) is 18.2 Å². The number of anilines is 1. The summed E-state index contributed by atoms with van der Waals surface area (Å²) in [6.45, 7) is 0.394. The number of hydrogen-bond acceptors (Lipinski definition) is 3. The monoisotopic (exact) mass is 336 g/mol. The summed E-state index contributed by atoms with van der Waals surface area (Å²) in [4.78, 5) is 29.1. The van der Waals surface area contributed by atoms with Crippen LogP contribution in [-0.4, -0.2) is 41.6 Å². The Balaban J connectivity index is 1.65. The fourth-order valence-electron chi connectivity index (χ4n) is 4.04. The molecule has 2 aromatic rings. The molecule has 2 unspecified atom stereocenters. The van der Waals surface area contributed by atoms with Gasteiger partial charge in [-0.15, -0.1) is 0 Å². The van der Waals surface area contributed by atoms with Gasteiger partial charge in [-0.3, -0.25) is 9.59 Å². The highest BCUT2D eigenvalue weighted by molar-refractivity contribution is 6.22. The summed E-state index contributed by atoms with van der Waals surface area (Å²) >= 11 is 0. The number of rotatable bonds is 3. The molecule has 2 heterocycles. The predicted octanol–water partition coefficient (Wildman–Crippen LogP) is 1.69. The van der Waals surface area contributed by atoms with Crippen LogP contribution in [0.15, 0.2) is 54.6 Å². The van der Waals surface area contributed by atoms with Gasteiger partial charge in [0.2, 0.25) is 11.8 Å². The molecule has 2 aromatic carbocycles. The lowest BCUT2D eigenvalue weighted by atomic mass is 9.80. The highest BCUT2D eigenvalue weighted by Gasteiger charge is 2.62. The first-order valence-corrected chi connectivity index (χ1v) is 8.46. The molecule has 0 radical (unpaired) electrons. The number of aliphatic hydroxyl groups excluding tert-OH is 1. The Bertz CT molecular complexity index is 836. The summed E-state index contributed by atoms with van der Waals surface area (Å²) in [6.07, 6.45) is -0.189. The number of likely N-dealkylation sites (tertiary alicyclic amines) is 1. The standard InChI is InChI=1S/C20H20N2O3/c1-21-16-10-6-5-9-15(16)20(18(21)24)13-17(23)22(19(20)25)12-11-14-7-3-2-4-8-14/h2-10,17,23H,11-13H2,1H3. The van der Waals surface area contributed by atoms with Crippen molar-refractivity contribution in [2.24, 2.45) is 0 Å². The first kappa shape index (κ1) is 15.8. The van der Waals surface area contributed by atoms with E-state index in [1.54, 1.807) is 7.05 Å². The quantitative estimate of drug-likeness (QED) is 0.868.